The van der Waals surface area contributed by atoms with Gasteiger partial charge in [-0.05, 0) is 22.4 Å². The van der Waals surface area contributed by atoms with Gasteiger partial charge in [-0.15, -0.1) is 0 Å². The maximum atomic E-state index is 10.9. The van der Waals surface area contributed by atoms with Crippen LogP contribution in [0.5, 0.6) is 0 Å². The number of benzene rings is 2. The second-order valence-corrected chi connectivity index (χ2v) is 5.23. The minimum atomic E-state index is -0.810. The molecule has 2 aromatic carbocycles. The van der Waals surface area contributed by atoms with Crippen LogP contribution in [0.15, 0.2) is 42.5 Å². The lowest BCUT2D eigenvalue weighted by molar-refractivity contribution is 0.103. The maximum absolute atomic E-state index is 10.9. The van der Waals surface area contributed by atoms with Gasteiger partial charge in [0.2, 0.25) is 0 Å². The third-order valence-electron chi connectivity index (χ3n) is 3.86. The Balaban J connectivity index is 1.66. The van der Waals surface area contributed by atoms with Gasteiger partial charge in [0.05, 0.1) is 0 Å². The zero-order chi connectivity index (χ0) is 13.9. The summed E-state index contributed by atoms with van der Waals surface area (Å²) in [6, 6.07) is 14.9. The van der Waals surface area contributed by atoms with Gasteiger partial charge in [0.15, 0.2) is 0 Å². The van der Waals surface area contributed by atoms with Crippen LogP contribution in [0, 0.1) is 0 Å². The lowest BCUT2D eigenvalue weighted by atomic mass is 10.1. The summed E-state index contributed by atoms with van der Waals surface area (Å²) in [4.78, 5) is 14.7. The van der Waals surface area contributed by atoms with Crippen molar-refractivity contribution in [1.29, 1.82) is 0 Å². The van der Waals surface area contributed by atoms with Gasteiger partial charge in [0.1, 0.15) is 0 Å². The van der Waals surface area contributed by atoms with Crippen LogP contribution in [-0.2, 0) is 6.54 Å². The van der Waals surface area contributed by atoms with Gasteiger partial charge in [-0.3, -0.25) is 4.90 Å². The highest BCUT2D eigenvalue weighted by Crippen LogP contribution is 2.17. The number of nitrogens with zero attached hydrogens (tertiary/aromatic N) is 2. The summed E-state index contributed by atoms with van der Waals surface area (Å²) in [7, 11) is 0. The topological polar surface area (TPSA) is 43.8 Å². The molecule has 1 aliphatic heterocycles. The molecule has 0 unspecified atom stereocenters. The van der Waals surface area contributed by atoms with Crippen molar-refractivity contribution >= 4 is 16.9 Å². The first-order valence-corrected chi connectivity index (χ1v) is 6.90. The molecule has 0 spiro atoms. The molecule has 4 heteroatoms. The van der Waals surface area contributed by atoms with E-state index in [4.69, 9.17) is 5.11 Å². The predicted octanol–water partition coefficient (Wildman–Crippen LogP) is 2.64. The standard InChI is InChI=1S/C16H18N2O2/c19-16(20)18-9-7-17(8-10-18)12-13-5-6-14-3-1-2-4-15(14)11-13/h1-6,11H,7-10,12H2,(H,19,20). The number of piperazine rings is 1. The fourth-order valence-corrected chi connectivity index (χ4v) is 2.69. The first-order valence-electron chi connectivity index (χ1n) is 6.90. The van der Waals surface area contributed by atoms with Crippen LogP contribution in [0.3, 0.4) is 0 Å². The number of rotatable bonds is 2. The number of fused-ring (bicyclic) bond motifs is 1. The van der Waals surface area contributed by atoms with E-state index in [2.05, 4.69) is 41.3 Å². The van der Waals surface area contributed by atoms with Gasteiger partial charge >= 0.3 is 6.09 Å². The van der Waals surface area contributed by atoms with Gasteiger partial charge in [0, 0.05) is 32.7 Å². The molecule has 2 aromatic rings. The van der Waals surface area contributed by atoms with Crippen LogP contribution < -0.4 is 0 Å². The summed E-state index contributed by atoms with van der Waals surface area (Å²) in [5.41, 5.74) is 1.28. The highest BCUT2D eigenvalue weighted by Gasteiger charge is 2.20. The lowest BCUT2D eigenvalue weighted by Crippen LogP contribution is -2.47. The predicted molar refractivity (Wildman–Crippen MR) is 78.8 cm³/mol. The van der Waals surface area contributed by atoms with Crippen molar-refractivity contribution in [1.82, 2.24) is 9.80 Å². The SMILES string of the molecule is O=C(O)N1CCN(Cc2ccc3ccccc3c2)CC1. The van der Waals surface area contributed by atoms with Gasteiger partial charge < -0.3 is 10.0 Å². The molecule has 3 rings (SSSR count). The summed E-state index contributed by atoms with van der Waals surface area (Å²) >= 11 is 0. The van der Waals surface area contributed by atoms with E-state index in [0.29, 0.717) is 13.1 Å². The van der Waals surface area contributed by atoms with Gasteiger partial charge in [-0.2, -0.15) is 0 Å². The van der Waals surface area contributed by atoms with Crippen molar-refractivity contribution in [3.8, 4) is 0 Å². The number of hydrogen-bond donors (Lipinski definition) is 1. The fourth-order valence-electron chi connectivity index (χ4n) is 2.69. The van der Waals surface area contributed by atoms with Gasteiger partial charge in [-0.25, -0.2) is 4.79 Å². The molecule has 4 nitrogen and oxygen atoms in total. The maximum Gasteiger partial charge on any atom is 0.407 e. The molecule has 0 radical (unpaired) electrons. The van der Waals surface area contributed by atoms with Crippen LogP contribution in [0.25, 0.3) is 10.8 Å². The average molecular weight is 270 g/mol. The molecular formula is C16H18N2O2. The molecule has 1 fully saturated rings. The van der Waals surface area contributed by atoms with Crippen molar-refractivity contribution in [3.63, 3.8) is 0 Å². The molecule has 0 aliphatic carbocycles. The Hall–Kier alpha value is -2.07. The number of hydrogen-bond acceptors (Lipinski definition) is 2. The minimum absolute atomic E-state index is 0.600. The van der Waals surface area contributed by atoms with E-state index in [-0.39, 0.29) is 0 Å². The Morgan fingerprint density at radius 3 is 2.40 bits per heavy atom. The van der Waals surface area contributed by atoms with Crippen LogP contribution in [-0.4, -0.2) is 47.2 Å². The molecule has 1 saturated heterocycles. The van der Waals surface area contributed by atoms with Crippen LogP contribution in [0.1, 0.15) is 5.56 Å². The normalized spacial score (nSPS) is 16.5. The van der Waals surface area contributed by atoms with Crippen LogP contribution >= 0.6 is 0 Å². The van der Waals surface area contributed by atoms with E-state index < -0.39 is 6.09 Å². The molecular weight excluding hydrogens is 252 g/mol. The zero-order valence-corrected chi connectivity index (χ0v) is 11.3. The van der Waals surface area contributed by atoms with E-state index in [1.807, 2.05) is 6.07 Å². The lowest BCUT2D eigenvalue weighted by Gasteiger charge is -2.33. The molecule has 1 N–H and O–H groups in total. The average Bonchev–Trinajstić information content (AvgIpc) is 2.48. The summed E-state index contributed by atoms with van der Waals surface area (Å²) < 4.78 is 0. The third-order valence-corrected chi connectivity index (χ3v) is 3.86. The molecule has 1 amide bonds. The molecule has 1 aliphatic rings. The summed E-state index contributed by atoms with van der Waals surface area (Å²) in [5, 5.41) is 11.5. The second-order valence-electron chi connectivity index (χ2n) is 5.23. The third kappa shape index (κ3) is 2.75. The van der Waals surface area contributed by atoms with Crippen molar-refractivity contribution in [2.45, 2.75) is 6.54 Å². The highest BCUT2D eigenvalue weighted by molar-refractivity contribution is 5.82. The number of carboxylic acid groups (broad SMARTS) is 1. The Labute approximate surface area is 118 Å². The second kappa shape index (κ2) is 5.51. The van der Waals surface area contributed by atoms with E-state index in [0.717, 1.165) is 19.6 Å². The highest BCUT2D eigenvalue weighted by atomic mass is 16.4. The van der Waals surface area contributed by atoms with Crippen molar-refractivity contribution in [3.05, 3.63) is 48.0 Å². The first kappa shape index (κ1) is 12.9. The molecule has 0 aromatic heterocycles. The minimum Gasteiger partial charge on any atom is -0.465 e. The Bertz CT molecular complexity index is 619. The smallest absolute Gasteiger partial charge is 0.407 e. The Kier molecular flexibility index (Phi) is 3.56. The van der Waals surface area contributed by atoms with E-state index >= 15 is 0 Å². The van der Waals surface area contributed by atoms with Crippen molar-refractivity contribution < 1.29 is 9.90 Å². The monoisotopic (exact) mass is 270 g/mol. The van der Waals surface area contributed by atoms with Crippen LogP contribution in [0.2, 0.25) is 0 Å². The van der Waals surface area contributed by atoms with Gasteiger partial charge in [0.25, 0.3) is 0 Å². The molecule has 0 saturated carbocycles. The molecule has 0 atom stereocenters. The summed E-state index contributed by atoms with van der Waals surface area (Å²) in [6.45, 7) is 3.70. The van der Waals surface area contributed by atoms with Crippen molar-refractivity contribution in [2.24, 2.45) is 0 Å². The van der Waals surface area contributed by atoms with Gasteiger partial charge in [-0.1, -0.05) is 36.4 Å². The molecule has 20 heavy (non-hydrogen) atoms. The number of amides is 1. The quantitative estimate of drug-likeness (QED) is 0.912. The van der Waals surface area contributed by atoms with E-state index in [1.54, 1.807) is 0 Å². The molecule has 0 bridgehead atoms. The molecule has 104 valence electrons. The molecule has 1 heterocycles. The van der Waals surface area contributed by atoms with Crippen LogP contribution in [0.4, 0.5) is 4.79 Å². The van der Waals surface area contributed by atoms with E-state index in [1.165, 1.54) is 21.2 Å². The van der Waals surface area contributed by atoms with Crippen molar-refractivity contribution in [2.75, 3.05) is 26.2 Å². The first-order chi connectivity index (χ1) is 9.72. The fraction of sp³-hybridized carbons (Fsp3) is 0.312. The Morgan fingerprint density at radius 2 is 1.70 bits per heavy atom. The summed E-state index contributed by atoms with van der Waals surface area (Å²) in [6.07, 6.45) is -0.810. The summed E-state index contributed by atoms with van der Waals surface area (Å²) in [5.74, 6) is 0. The zero-order valence-electron chi connectivity index (χ0n) is 11.3. The Morgan fingerprint density at radius 1 is 1.00 bits per heavy atom. The largest absolute Gasteiger partial charge is 0.465 e. The number of carbonyl (C=O) groups is 1. The van der Waals surface area contributed by atoms with E-state index in [9.17, 15) is 4.79 Å².